The van der Waals surface area contributed by atoms with Crippen LogP contribution in [0.1, 0.15) is 0 Å². The second-order valence-electron chi connectivity index (χ2n) is 1.22. The van der Waals surface area contributed by atoms with E-state index in [2.05, 4.69) is 0 Å². The summed E-state index contributed by atoms with van der Waals surface area (Å²) in [4.78, 5) is 0. The van der Waals surface area contributed by atoms with Gasteiger partial charge in [0.2, 0.25) is 0 Å². The van der Waals surface area contributed by atoms with Crippen LogP contribution in [0.4, 0.5) is 0 Å². The van der Waals surface area contributed by atoms with Crippen LogP contribution in [0.2, 0.25) is 0 Å². The van der Waals surface area contributed by atoms with Crippen molar-refractivity contribution in [2.75, 3.05) is 0 Å². The summed E-state index contributed by atoms with van der Waals surface area (Å²) in [5.41, 5.74) is 0. The van der Waals surface area contributed by atoms with Crippen LogP contribution < -0.4 is 0 Å². The van der Waals surface area contributed by atoms with Gasteiger partial charge in [0.25, 0.3) is 0 Å². The van der Waals surface area contributed by atoms with Gasteiger partial charge in [-0.3, -0.25) is 25.3 Å². The zero-order chi connectivity index (χ0) is 13.5. The summed E-state index contributed by atoms with van der Waals surface area (Å²) in [6.45, 7) is 0. The summed E-state index contributed by atoms with van der Waals surface area (Å²) in [5, 5.41) is 0. The standard InChI is InChI=1S/2Gd.3H2O4S/c;;3*1-5(2,3)4/h;;3*(H2,1,2,3,4)/q2*+3;;;/p-6. The molecule has 0 atom stereocenters. The zero-order valence-electron chi connectivity index (χ0n) is 6.83. The summed E-state index contributed by atoms with van der Waals surface area (Å²) in [6, 6.07) is 0. The maximum atomic E-state index is 8.52. The molecule has 0 heterocycles. The van der Waals surface area contributed by atoms with E-state index in [1.54, 1.807) is 0 Å². The van der Waals surface area contributed by atoms with Crippen LogP contribution in [0.15, 0.2) is 0 Å². The number of rotatable bonds is 0. The summed E-state index contributed by atoms with van der Waals surface area (Å²) in [7, 11) is -15.5. The molecule has 0 saturated heterocycles. The van der Waals surface area contributed by atoms with E-state index in [9.17, 15) is 0 Å². The summed E-state index contributed by atoms with van der Waals surface area (Å²) < 4.78 is 102. The Morgan fingerprint density at radius 1 is 0.412 bits per heavy atom. The van der Waals surface area contributed by atoms with Gasteiger partial charge >= 0.3 is 79.9 Å². The first-order chi connectivity index (χ1) is 6.00. The van der Waals surface area contributed by atoms with Crippen molar-refractivity contribution in [3.05, 3.63) is 0 Å². The molecule has 0 spiro atoms. The summed E-state index contributed by atoms with van der Waals surface area (Å²) in [6.07, 6.45) is 0. The fraction of sp³-hybridized carbons (Fsp3) is 0. The maximum absolute atomic E-state index is 8.52. The molecular formula is Gd2O12S3. The third-order valence-electron chi connectivity index (χ3n) is 0. The molecule has 17 heavy (non-hydrogen) atoms. The van der Waals surface area contributed by atoms with Crippen LogP contribution in [0.5, 0.6) is 0 Å². The fourth-order valence-electron chi connectivity index (χ4n) is 0. The van der Waals surface area contributed by atoms with Crippen LogP contribution in [-0.2, 0) is 31.2 Å². The molecule has 0 N–H and O–H groups in total. The molecule has 0 aliphatic heterocycles. The van der Waals surface area contributed by atoms with E-state index in [4.69, 9.17) is 52.6 Å². The maximum Gasteiger partial charge on any atom is 3.00 e. The van der Waals surface area contributed by atoms with Crippen molar-refractivity contribution < 1.29 is 132 Å². The van der Waals surface area contributed by atoms with Gasteiger partial charge in [0.1, 0.15) is 0 Å². The Hall–Kier alpha value is 2.26. The molecule has 0 aliphatic rings. The smallest absolute Gasteiger partial charge is 0.759 e. The molecule has 0 aliphatic carbocycles. The molecule has 0 aromatic rings. The van der Waals surface area contributed by atoms with Crippen LogP contribution in [0.25, 0.3) is 0 Å². The molecule has 0 amide bonds. The summed E-state index contributed by atoms with van der Waals surface area (Å²) in [5.74, 6) is 0. The first-order valence-corrected chi connectivity index (χ1v) is 6.00. The van der Waals surface area contributed by atoms with E-state index < -0.39 is 31.2 Å². The quantitative estimate of drug-likeness (QED) is 0.190. The Labute approximate surface area is 161 Å². The van der Waals surface area contributed by atoms with Crippen molar-refractivity contribution >= 4 is 31.2 Å². The average Bonchev–Trinajstić information content (AvgIpc) is 1.41. The normalized spacial score (nSPS) is 10.2. The van der Waals surface area contributed by atoms with Gasteiger partial charge in [-0.25, -0.2) is 0 Å². The predicted octanol–water partition coefficient (Wildman–Crippen LogP) is -4.01. The first kappa shape index (κ1) is 31.6. The molecule has 0 bridgehead atoms. The Balaban J connectivity index is -0.0000000400. The third kappa shape index (κ3) is 946. The molecule has 2 radical (unpaired) electrons. The van der Waals surface area contributed by atoms with E-state index >= 15 is 0 Å². The molecule has 12 nitrogen and oxygen atoms in total. The monoisotopic (exact) mass is 604 g/mol. The SMILES string of the molecule is O=S(=O)([O-])[O-].O=S(=O)([O-])[O-].O=S(=O)([O-])[O-].[Gd+3].[Gd+3]. The Morgan fingerprint density at radius 2 is 0.412 bits per heavy atom. The molecule has 0 unspecified atom stereocenters. The number of hydrogen-bond donors (Lipinski definition) is 0. The predicted molar refractivity (Wildman–Crippen MR) is 31.4 cm³/mol. The molecule has 0 aromatic heterocycles. The minimum absolute atomic E-state index is 0. The van der Waals surface area contributed by atoms with Gasteiger partial charge in [-0.1, -0.05) is 0 Å². The Kier molecular flexibility index (Phi) is 24.6. The largest absolute Gasteiger partial charge is 3.00 e. The van der Waals surface area contributed by atoms with Crippen molar-refractivity contribution in [2.24, 2.45) is 0 Å². The fourth-order valence-corrected chi connectivity index (χ4v) is 0. The van der Waals surface area contributed by atoms with Gasteiger partial charge in [-0.2, -0.15) is 0 Å². The molecule has 0 fully saturated rings. The van der Waals surface area contributed by atoms with Gasteiger partial charge in [-0.15, -0.1) is 0 Å². The van der Waals surface area contributed by atoms with Crippen LogP contribution in [-0.4, -0.2) is 52.6 Å². The third-order valence-corrected chi connectivity index (χ3v) is 0. The minimum Gasteiger partial charge on any atom is -0.759 e. The van der Waals surface area contributed by atoms with E-state index in [1.807, 2.05) is 0 Å². The van der Waals surface area contributed by atoms with E-state index in [-0.39, 0.29) is 79.9 Å². The first-order valence-electron chi connectivity index (χ1n) is 2.00. The average molecular weight is 603 g/mol. The van der Waals surface area contributed by atoms with Crippen LogP contribution >= 0.6 is 0 Å². The number of hydrogen-bond acceptors (Lipinski definition) is 12. The minimum atomic E-state index is -5.17. The van der Waals surface area contributed by atoms with Gasteiger partial charge in [0, 0.05) is 31.2 Å². The van der Waals surface area contributed by atoms with Crippen molar-refractivity contribution in [2.45, 2.75) is 0 Å². The van der Waals surface area contributed by atoms with E-state index in [1.165, 1.54) is 0 Å². The molecule has 0 rings (SSSR count). The van der Waals surface area contributed by atoms with Crippen LogP contribution in [0, 0.1) is 79.9 Å². The molecule has 0 aromatic carbocycles. The van der Waals surface area contributed by atoms with Crippen molar-refractivity contribution in [1.29, 1.82) is 0 Å². The molecule has 0 saturated carbocycles. The summed E-state index contributed by atoms with van der Waals surface area (Å²) >= 11 is 0. The van der Waals surface area contributed by atoms with Gasteiger partial charge in [0.05, 0.1) is 0 Å². The van der Waals surface area contributed by atoms with Crippen LogP contribution in [0.3, 0.4) is 0 Å². The topological polar surface area (TPSA) is 241 Å². The van der Waals surface area contributed by atoms with Crippen molar-refractivity contribution in [3.63, 3.8) is 0 Å². The second-order valence-corrected chi connectivity index (χ2v) is 3.67. The zero-order valence-corrected chi connectivity index (χ0v) is 13.8. The second kappa shape index (κ2) is 13.3. The van der Waals surface area contributed by atoms with Gasteiger partial charge in [0.15, 0.2) is 0 Å². The molecule has 17 heteroatoms. The molecular weight excluding hydrogens is 603 g/mol. The van der Waals surface area contributed by atoms with Gasteiger partial charge < -0.3 is 27.3 Å². The van der Waals surface area contributed by atoms with Gasteiger partial charge in [-0.05, 0) is 0 Å². The molecule has 106 valence electrons. The Bertz CT molecular complexity index is 341. The van der Waals surface area contributed by atoms with E-state index in [0.29, 0.717) is 0 Å². The Morgan fingerprint density at radius 3 is 0.412 bits per heavy atom. The van der Waals surface area contributed by atoms with Crippen molar-refractivity contribution in [1.82, 2.24) is 0 Å². The van der Waals surface area contributed by atoms with Crippen molar-refractivity contribution in [3.8, 4) is 0 Å². The van der Waals surface area contributed by atoms with E-state index in [0.717, 1.165) is 0 Å².